The van der Waals surface area contributed by atoms with E-state index in [1.165, 1.54) is 27.6 Å². The van der Waals surface area contributed by atoms with E-state index in [9.17, 15) is 0 Å². The van der Waals surface area contributed by atoms with Crippen LogP contribution in [0, 0.1) is 6.92 Å². The van der Waals surface area contributed by atoms with Crippen molar-refractivity contribution in [3.63, 3.8) is 0 Å². The minimum atomic E-state index is 0. The van der Waals surface area contributed by atoms with Crippen LogP contribution in [0.2, 0.25) is 0 Å². The van der Waals surface area contributed by atoms with Gasteiger partial charge in [0.15, 0.2) is 5.96 Å². The average Bonchev–Trinajstić information content (AvgIpc) is 3.23. The highest BCUT2D eigenvalue weighted by atomic mass is 127. The van der Waals surface area contributed by atoms with Crippen LogP contribution < -0.4 is 5.32 Å². The van der Waals surface area contributed by atoms with E-state index in [4.69, 9.17) is 0 Å². The van der Waals surface area contributed by atoms with Crippen molar-refractivity contribution in [2.75, 3.05) is 20.6 Å². The van der Waals surface area contributed by atoms with Gasteiger partial charge in [0.05, 0.1) is 5.69 Å². The van der Waals surface area contributed by atoms with Gasteiger partial charge in [-0.1, -0.05) is 26.0 Å². The summed E-state index contributed by atoms with van der Waals surface area (Å²) in [5.41, 5.74) is 6.25. The molecule has 0 atom stereocenters. The average molecular weight is 508 g/mol. The molecule has 2 aromatic heterocycles. The quantitative estimate of drug-likeness (QED) is 0.298. The predicted octanol–water partition coefficient (Wildman–Crippen LogP) is 4.20. The van der Waals surface area contributed by atoms with Crippen LogP contribution in [0.15, 0.2) is 35.6 Å². The number of nitrogens with one attached hydrogen (secondary N) is 2. The first-order chi connectivity index (χ1) is 13.4. The van der Waals surface area contributed by atoms with Crippen molar-refractivity contribution in [3.8, 4) is 0 Å². The van der Waals surface area contributed by atoms with Gasteiger partial charge >= 0.3 is 0 Å². The lowest BCUT2D eigenvalue weighted by molar-refractivity contribution is 0.474. The van der Waals surface area contributed by atoms with Crippen molar-refractivity contribution in [1.82, 2.24) is 25.0 Å². The number of guanidine groups is 1. The van der Waals surface area contributed by atoms with E-state index in [1.54, 1.807) is 0 Å². The van der Waals surface area contributed by atoms with Crippen molar-refractivity contribution in [1.29, 1.82) is 0 Å². The molecule has 6 nitrogen and oxygen atoms in total. The Balaban J connectivity index is 0.00000300. The van der Waals surface area contributed by atoms with E-state index in [2.05, 4.69) is 83.7 Å². The second-order valence-corrected chi connectivity index (χ2v) is 7.76. The Morgan fingerprint density at radius 1 is 1.31 bits per heavy atom. The third-order valence-electron chi connectivity index (χ3n) is 5.14. The number of aliphatic imine (C=N–C) groups is 1. The maximum Gasteiger partial charge on any atom is 0.193 e. The first-order valence-electron chi connectivity index (χ1n) is 9.90. The Bertz CT molecular complexity index is 969. The van der Waals surface area contributed by atoms with Crippen molar-refractivity contribution >= 4 is 40.8 Å². The topological polar surface area (TPSA) is 61.2 Å². The van der Waals surface area contributed by atoms with Gasteiger partial charge < -0.3 is 15.2 Å². The number of fused-ring (bicyclic) bond motifs is 1. The standard InChI is InChI=1S/C22H32N6.HI/c1-15(2)21-18(14-28(6)26-21)13-27(5)22(23-4)24-11-10-17-12-25-19-9-7-8-16(3)20(17)19;/h7-9,12,14-15,25H,10-11,13H2,1-6H3,(H,23,24);1H. The predicted molar refractivity (Wildman–Crippen MR) is 132 cm³/mol. The molecule has 0 saturated heterocycles. The molecule has 0 fully saturated rings. The lowest BCUT2D eigenvalue weighted by Gasteiger charge is -2.22. The summed E-state index contributed by atoms with van der Waals surface area (Å²) in [7, 11) is 5.88. The molecule has 3 aromatic rings. The number of benzene rings is 1. The zero-order chi connectivity index (χ0) is 20.3. The van der Waals surface area contributed by atoms with Crippen LogP contribution in [0.3, 0.4) is 0 Å². The highest BCUT2D eigenvalue weighted by Crippen LogP contribution is 2.22. The van der Waals surface area contributed by atoms with Crippen LogP contribution in [-0.4, -0.2) is 46.3 Å². The molecule has 2 N–H and O–H groups in total. The first kappa shape index (κ1) is 23.3. The number of halogens is 1. The number of aryl methyl sites for hydroxylation is 2. The SMILES string of the molecule is CN=C(NCCc1c[nH]c2cccc(C)c12)N(C)Cc1cn(C)nc1C(C)C.I. The summed E-state index contributed by atoms with van der Waals surface area (Å²) in [5, 5.41) is 9.45. The fourth-order valence-electron chi connectivity index (χ4n) is 3.84. The molecule has 0 amide bonds. The van der Waals surface area contributed by atoms with Crippen LogP contribution in [0.25, 0.3) is 10.9 Å². The summed E-state index contributed by atoms with van der Waals surface area (Å²) in [6, 6.07) is 6.39. The molecule has 0 spiro atoms. The maximum absolute atomic E-state index is 4.61. The highest BCUT2D eigenvalue weighted by molar-refractivity contribution is 14.0. The van der Waals surface area contributed by atoms with Gasteiger partial charge in [0.25, 0.3) is 0 Å². The highest BCUT2D eigenvalue weighted by Gasteiger charge is 2.15. The third kappa shape index (κ3) is 5.32. The Morgan fingerprint density at radius 3 is 2.76 bits per heavy atom. The second kappa shape index (κ2) is 10.1. The molecule has 2 heterocycles. The molecule has 0 radical (unpaired) electrons. The van der Waals surface area contributed by atoms with Gasteiger partial charge in [-0.2, -0.15) is 5.10 Å². The zero-order valence-corrected chi connectivity index (χ0v) is 20.6. The summed E-state index contributed by atoms with van der Waals surface area (Å²) in [6.07, 6.45) is 5.17. The number of nitrogens with zero attached hydrogens (tertiary/aromatic N) is 4. The van der Waals surface area contributed by atoms with Gasteiger partial charge in [0.2, 0.25) is 0 Å². The molecule has 0 saturated carbocycles. The van der Waals surface area contributed by atoms with Crippen LogP contribution in [0.4, 0.5) is 0 Å². The van der Waals surface area contributed by atoms with Gasteiger partial charge in [0, 0.05) is 63.1 Å². The molecule has 0 aliphatic carbocycles. The van der Waals surface area contributed by atoms with Crippen molar-refractivity contribution in [2.24, 2.45) is 12.0 Å². The fraction of sp³-hybridized carbons (Fsp3) is 0.455. The van der Waals surface area contributed by atoms with Crippen LogP contribution in [0.1, 0.15) is 42.1 Å². The molecule has 0 aliphatic heterocycles. The van der Waals surface area contributed by atoms with Crippen molar-refractivity contribution < 1.29 is 0 Å². The Kier molecular flexibility index (Phi) is 8.13. The largest absolute Gasteiger partial charge is 0.361 e. The zero-order valence-electron chi connectivity index (χ0n) is 18.3. The molecule has 1 aromatic carbocycles. The van der Waals surface area contributed by atoms with Gasteiger partial charge in [-0.25, -0.2) is 0 Å². The number of hydrogen-bond donors (Lipinski definition) is 2. The van der Waals surface area contributed by atoms with E-state index in [0.29, 0.717) is 5.92 Å². The smallest absolute Gasteiger partial charge is 0.193 e. The van der Waals surface area contributed by atoms with Crippen molar-refractivity contribution in [2.45, 2.75) is 39.7 Å². The normalized spacial score (nSPS) is 11.8. The summed E-state index contributed by atoms with van der Waals surface area (Å²) in [4.78, 5) is 9.99. The minimum Gasteiger partial charge on any atom is -0.361 e. The number of aromatic nitrogens is 3. The van der Waals surface area contributed by atoms with E-state index >= 15 is 0 Å². The second-order valence-electron chi connectivity index (χ2n) is 7.76. The van der Waals surface area contributed by atoms with E-state index in [0.717, 1.165) is 31.2 Å². The molecule has 0 aliphatic rings. The van der Waals surface area contributed by atoms with Gasteiger partial charge in [-0.3, -0.25) is 9.67 Å². The minimum absolute atomic E-state index is 0. The molecule has 3 rings (SSSR count). The Hall–Kier alpha value is -2.03. The van der Waals surface area contributed by atoms with Gasteiger partial charge in [-0.05, 0) is 36.5 Å². The lowest BCUT2D eigenvalue weighted by atomic mass is 10.1. The number of hydrogen-bond acceptors (Lipinski definition) is 2. The molecular formula is C22H33IN6. The summed E-state index contributed by atoms with van der Waals surface area (Å²) >= 11 is 0. The first-order valence-corrected chi connectivity index (χ1v) is 9.90. The third-order valence-corrected chi connectivity index (χ3v) is 5.14. The molecule has 0 bridgehead atoms. The summed E-state index contributed by atoms with van der Waals surface area (Å²) in [6.45, 7) is 8.15. The van der Waals surface area contributed by atoms with Crippen LogP contribution >= 0.6 is 24.0 Å². The molecular weight excluding hydrogens is 475 g/mol. The van der Waals surface area contributed by atoms with Gasteiger partial charge in [0.1, 0.15) is 0 Å². The van der Waals surface area contributed by atoms with Crippen LogP contribution in [-0.2, 0) is 20.0 Å². The van der Waals surface area contributed by atoms with Gasteiger partial charge in [-0.15, -0.1) is 24.0 Å². The van der Waals surface area contributed by atoms with E-state index in [1.807, 2.05) is 18.8 Å². The summed E-state index contributed by atoms with van der Waals surface area (Å²) in [5.74, 6) is 1.31. The molecule has 7 heteroatoms. The van der Waals surface area contributed by atoms with Crippen LogP contribution in [0.5, 0.6) is 0 Å². The Morgan fingerprint density at radius 2 is 2.07 bits per heavy atom. The fourth-order valence-corrected chi connectivity index (χ4v) is 3.84. The number of aromatic amines is 1. The van der Waals surface area contributed by atoms with Crippen molar-refractivity contribution in [3.05, 3.63) is 53.0 Å². The molecule has 0 unspecified atom stereocenters. The number of rotatable bonds is 6. The van der Waals surface area contributed by atoms with E-state index < -0.39 is 0 Å². The lowest BCUT2D eigenvalue weighted by Crippen LogP contribution is -2.39. The number of H-pyrrole nitrogens is 1. The van der Waals surface area contributed by atoms with E-state index in [-0.39, 0.29) is 24.0 Å². The summed E-state index contributed by atoms with van der Waals surface area (Å²) < 4.78 is 1.90. The monoisotopic (exact) mass is 508 g/mol. The molecule has 29 heavy (non-hydrogen) atoms. The Labute approximate surface area is 190 Å². The maximum atomic E-state index is 4.61. The molecule has 158 valence electrons.